The van der Waals surface area contributed by atoms with Gasteiger partial charge in [-0.1, -0.05) is 36.4 Å². The number of nitrogens with one attached hydrogen (secondary N) is 2. The fourth-order valence-corrected chi connectivity index (χ4v) is 2.85. The second kappa shape index (κ2) is 8.18. The van der Waals surface area contributed by atoms with Gasteiger partial charge in [-0.2, -0.15) is 13.2 Å². The number of halogens is 3. The van der Waals surface area contributed by atoms with Gasteiger partial charge in [0, 0.05) is 23.9 Å². The van der Waals surface area contributed by atoms with E-state index in [2.05, 4.69) is 10.6 Å². The Morgan fingerprint density at radius 3 is 2.03 bits per heavy atom. The minimum absolute atomic E-state index is 0.235. The molecule has 2 amide bonds. The van der Waals surface area contributed by atoms with E-state index in [9.17, 15) is 22.8 Å². The van der Waals surface area contributed by atoms with E-state index in [0.717, 1.165) is 12.1 Å². The lowest BCUT2D eigenvalue weighted by Crippen LogP contribution is -2.13. The first kappa shape index (κ1) is 20.1. The number of rotatable bonds is 4. The molecule has 0 aromatic heterocycles. The fourth-order valence-electron chi connectivity index (χ4n) is 2.85. The van der Waals surface area contributed by atoms with Crippen molar-refractivity contribution in [2.24, 2.45) is 0 Å². The summed E-state index contributed by atoms with van der Waals surface area (Å²) in [6, 6.07) is 18.0. The van der Waals surface area contributed by atoms with Crippen molar-refractivity contribution in [3.05, 3.63) is 83.9 Å². The predicted molar refractivity (Wildman–Crippen MR) is 106 cm³/mol. The minimum Gasteiger partial charge on any atom is -0.326 e. The Bertz CT molecular complexity index is 1040. The van der Waals surface area contributed by atoms with Crippen LogP contribution in [0.4, 0.5) is 24.5 Å². The molecule has 3 aromatic carbocycles. The van der Waals surface area contributed by atoms with Gasteiger partial charge in [-0.15, -0.1) is 0 Å². The zero-order chi connectivity index (χ0) is 21.0. The maximum Gasteiger partial charge on any atom is 0.416 e. The highest BCUT2D eigenvalue weighted by atomic mass is 19.4. The summed E-state index contributed by atoms with van der Waals surface area (Å²) in [6.07, 6.45) is -4.42. The first-order chi connectivity index (χ1) is 13.7. The molecular weight excluding hydrogens is 381 g/mol. The summed E-state index contributed by atoms with van der Waals surface area (Å²) in [5.41, 5.74) is 1.58. The van der Waals surface area contributed by atoms with E-state index in [1.807, 2.05) is 0 Å². The Morgan fingerprint density at radius 2 is 1.41 bits per heavy atom. The van der Waals surface area contributed by atoms with E-state index in [1.54, 1.807) is 48.5 Å². The minimum atomic E-state index is -4.42. The van der Waals surface area contributed by atoms with Crippen LogP contribution in [0.5, 0.6) is 0 Å². The Hall–Kier alpha value is -3.61. The van der Waals surface area contributed by atoms with Crippen molar-refractivity contribution in [3.63, 3.8) is 0 Å². The lowest BCUT2D eigenvalue weighted by molar-refractivity contribution is -0.137. The molecule has 0 radical (unpaired) electrons. The van der Waals surface area contributed by atoms with E-state index in [4.69, 9.17) is 0 Å². The van der Waals surface area contributed by atoms with Crippen LogP contribution in [0.2, 0.25) is 0 Å². The molecule has 0 aliphatic rings. The Kier molecular flexibility index (Phi) is 5.68. The summed E-state index contributed by atoms with van der Waals surface area (Å²) in [7, 11) is 0. The van der Waals surface area contributed by atoms with Gasteiger partial charge in [0.1, 0.15) is 0 Å². The second-order valence-electron chi connectivity index (χ2n) is 6.34. The van der Waals surface area contributed by atoms with E-state index in [0.29, 0.717) is 28.1 Å². The summed E-state index contributed by atoms with van der Waals surface area (Å²) in [5, 5.41) is 5.38. The molecule has 2 N–H and O–H groups in total. The molecule has 0 fully saturated rings. The molecule has 0 heterocycles. The summed E-state index contributed by atoms with van der Waals surface area (Å²) in [4.78, 5) is 24.0. The molecule has 29 heavy (non-hydrogen) atoms. The Labute approximate surface area is 165 Å². The van der Waals surface area contributed by atoms with Crippen LogP contribution in [-0.2, 0) is 11.0 Å². The van der Waals surface area contributed by atoms with E-state index in [1.165, 1.54) is 19.1 Å². The quantitative estimate of drug-likeness (QED) is 0.603. The van der Waals surface area contributed by atoms with Gasteiger partial charge in [0.25, 0.3) is 5.91 Å². The molecule has 0 aliphatic carbocycles. The third-order valence-electron chi connectivity index (χ3n) is 4.14. The first-order valence-corrected chi connectivity index (χ1v) is 8.70. The van der Waals surface area contributed by atoms with Gasteiger partial charge in [0.05, 0.1) is 5.56 Å². The summed E-state index contributed by atoms with van der Waals surface area (Å²) in [5.74, 6) is -0.651. The third kappa shape index (κ3) is 5.01. The largest absolute Gasteiger partial charge is 0.416 e. The van der Waals surface area contributed by atoms with E-state index >= 15 is 0 Å². The molecule has 0 unspecified atom stereocenters. The highest BCUT2D eigenvalue weighted by Crippen LogP contribution is 2.32. The van der Waals surface area contributed by atoms with Crippen LogP contribution in [-0.4, -0.2) is 11.8 Å². The highest BCUT2D eigenvalue weighted by molar-refractivity contribution is 6.09. The van der Waals surface area contributed by atoms with Crippen LogP contribution in [0.3, 0.4) is 0 Å². The van der Waals surface area contributed by atoms with E-state index < -0.39 is 17.6 Å². The number of amides is 2. The smallest absolute Gasteiger partial charge is 0.326 e. The number of anilines is 2. The normalized spacial score (nSPS) is 11.0. The van der Waals surface area contributed by atoms with Crippen LogP contribution in [0, 0.1) is 0 Å². The molecule has 7 heteroatoms. The van der Waals surface area contributed by atoms with Crippen LogP contribution in [0.1, 0.15) is 22.8 Å². The molecule has 0 spiro atoms. The highest BCUT2D eigenvalue weighted by Gasteiger charge is 2.30. The van der Waals surface area contributed by atoms with E-state index in [-0.39, 0.29) is 5.91 Å². The van der Waals surface area contributed by atoms with Crippen molar-refractivity contribution >= 4 is 23.2 Å². The summed E-state index contributed by atoms with van der Waals surface area (Å²) >= 11 is 0. The molecule has 0 bridgehead atoms. The van der Waals surface area contributed by atoms with Gasteiger partial charge < -0.3 is 10.6 Å². The maximum atomic E-state index is 12.8. The molecular formula is C22H17F3N2O2. The topological polar surface area (TPSA) is 58.2 Å². The number of alkyl halides is 3. The number of carbonyl (C=O) groups is 2. The zero-order valence-electron chi connectivity index (χ0n) is 15.4. The summed E-state index contributed by atoms with van der Waals surface area (Å²) in [6.45, 7) is 1.38. The van der Waals surface area contributed by atoms with Crippen LogP contribution in [0.25, 0.3) is 11.1 Å². The number of benzene rings is 3. The molecule has 0 saturated carbocycles. The standard InChI is InChI=1S/C22H17F3N2O2/c1-14(28)26-17-5-4-6-18(13-17)27-21(29)20-8-3-2-7-19(20)15-9-11-16(12-10-15)22(23,24)25/h2-13H,1H3,(H,26,28)(H,27,29). The average molecular weight is 398 g/mol. The van der Waals surface area contributed by atoms with Crippen LogP contribution < -0.4 is 10.6 Å². The molecule has 0 aliphatic heterocycles. The van der Waals surface area contributed by atoms with Crippen LogP contribution >= 0.6 is 0 Å². The van der Waals surface area contributed by atoms with Crippen molar-refractivity contribution in [1.29, 1.82) is 0 Å². The first-order valence-electron chi connectivity index (χ1n) is 8.70. The predicted octanol–water partition coefficient (Wildman–Crippen LogP) is 5.58. The molecule has 4 nitrogen and oxygen atoms in total. The van der Waals surface area contributed by atoms with Crippen molar-refractivity contribution < 1.29 is 22.8 Å². The lowest BCUT2D eigenvalue weighted by Gasteiger charge is -2.12. The van der Waals surface area contributed by atoms with Crippen molar-refractivity contribution in [2.45, 2.75) is 13.1 Å². The maximum absolute atomic E-state index is 12.8. The molecule has 0 atom stereocenters. The van der Waals surface area contributed by atoms with Gasteiger partial charge >= 0.3 is 6.18 Å². The average Bonchev–Trinajstić information content (AvgIpc) is 2.67. The SMILES string of the molecule is CC(=O)Nc1cccc(NC(=O)c2ccccc2-c2ccc(C(F)(F)F)cc2)c1. The van der Waals surface area contributed by atoms with Gasteiger partial charge in [-0.3, -0.25) is 9.59 Å². The number of carbonyl (C=O) groups excluding carboxylic acids is 2. The fraction of sp³-hybridized carbons (Fsp3) is 0.0909. The Morgan fingerprint density at radius 1 is 0.793 bits per heavy atom. The van der Waals surface area contributed by atoms with Gasteiger partial charge in [-0.25, -0.2) is 0 Å². The zero-order valence-corrected chi connectivity index (χ0v) is 15.4. The van der Waals surface area contributed by atoms with Gasteiger partial charge in [-0.05, 0) is 47.5 Å². The molecule has 0 saturated heterocycles. The lowest BCUT2D eigenvalue weighted by atomic mass is 9.98. The molecule has 3 rings (SSSR count). The monoisotopic (exact) mass is 398 g/mol. The molecule has 148 valence electrons. The molecule has 3 aromatic rings. The summed E-state index contributed by atoms with van der Waals surface area (Å²) < 4.78 is 38.4. The second-order valence-corrected chi connectivity index (χ2v) is 6.34. The van der Waals surface area contributed by atoms with Crippen LogP contribution in [0.15, 0.2) is 72.8 Å². The van der Waals surface area contributed by atoms with Gasteiger partial charge in [0.2, 0.25) is 5.91 Å². The third-order valence-corrected chi connectivity index (χ3v) is 4.14. The number of hydrogen-bond donors (Lipinski definition) is 2. The Balaban J connectivity index is 1.87. The van der Waals surface area contributed by atoms with Crippen molar-refractivity contribution in [2.75, 3.05) is 10.6 Å². The number of hydrogen-bond acceptors (Lipinski definition) is 2. The van der Waals surface area contributed by atoms with Gasteiger partial charge in [0.15, 0.2) is 0 Å². The van der Waals surface area contributed by atoms with Crippen molar-refractivity contribution in [1.82, 2.24) is 0 Å². The van der Waals surface area contributed by atoms with Crippen molar-refractivity contribution in [3.8, 4) is 11.1 Å².